The maximum atomic E-state index is 14.6. The standard InChI is InChI=1S/C21H20ClFN4O3/c1-29-25-14-21(13-24-6-9-30-21)27-8-7-26(28)12-18-17(10-15(22)11-20(18)27)16-4-2-3-5-19(16)23/h2-5,7-8,10-12,14,24H,6,9,13H2,1H3. The highest BCUT2D eigenvalue weighted by Gasteiger charge is 2.40. The van der Waals surface area contributed by atoms with Crippen molar-refractivity contribution >= 4 is 29.7 Å². The SMILES string of the molecule is CON=CC1(N2C=C[N+]([O-])=Cc3c(-c4ccccc4F)cc(Cl)cc32)CNCCO1. The molecule has 156 valence electrons. The monoisotopic (exact) mass is 430 g/mol. The molecule has 0 saturated carbocycles. The number of rotatable bonds is 4. The van der Waals surface area contributed by atoms with E-state index in [0.29, 0.717) is 51.8 Å². The summed E-state index contributed by atoms with van der Waals surface area (Å²) in [5.74, 6) is -0.414. The number of hydroxylamine groups is 1. The van der Waals surface area contributed by atoms with Crippen LogP contribution in [0.5, 0.6) is 0 Å². The molecule has 2 aromatic rings. The van der Waals surface area contributed by atoms with E-state index in [4.69, 9.17) is 21.2 Å². The van der Waals surface area contributed by atoms with Crippen molar-refractivity contribution in [1.29, 1.82) is 0 Å². The second kappa shape index (κ2) is 8.43. The first-order chi connectivity index (χ1) is 14.5. The summed E-state index contributed by atoms with van der Waals surface area (Å²) in [7, 11) is 1.44. The summed E-state index contributed by atoms with van der Waals surface area (Å²) in [6.07, 6.45) is 5.85. The molecular formula is C21H20ClFN4O3. The Balaban J connectivity index is 1.96. The highest BCUT2D eigenvalue weighted by Crippen LogP contribution is 2.39. The molecule has 0 radical (unpaired) electrons. The lowest BCUT2D eigenvalue weighted by Gasteiger charge is -2.42. The first-order valence-corrected chi connectivity index (χ1v) is 9.71. The molecule has 0 amide bonds. The summed E-state index contributed by atoms with van der Waals surface area (Å²) >= 11 is 6.43. The van der Waals surface area contributed by atoms with Gasteiger partial charge in [-0.25, -0.2) is 4.39 Å². The topological polar surface area (TPSA) is 72.2 Å². The number of fused-ring (bicyclic) bond motifs is 1. The molecule has 30 heavy (non-hydrogen) atoms. The molecule has 2 aromatic carbocycles. The van der Waals surface area contributed by atoms with Crippen LogP contribution in [0.3, 0.4) is 0 Å². The number of ether oxygens (including phenoxy) is 1. The van der Waals surface area contributed by atoms with Gasteiger partial charge in [-0.05, 0) is 18.2 Å². The molecule has 0 bridgehead atoms. The lowest BCUT2D eigenvalue weighted by molar-refractivity contribution is -0.372. The van der Waals surface area contributed by atoms with Crippen LogP contribution in [0.1, 0.15) is 5.56 Å². The van der Waals surface area contributed by atoms with Crippen molar-refractivity contribution in [3.8, 4) is 11.1 Å². The Morgan fingerprint density at radius 3 is 2.93 bits per heavy atom. The summed E-state index contributed by atoms with van der Waals surface area (Å²) < 4.78 is 21.4. The molecule has 1 N–H and O–H groups in total. The minimum absolute atomic E-state index is 0.338. The molecule has 0 aromatic heterocycles. The molecule has 7 nitrogen and oxygen atoms in total. The van der Waals surface area contributed by atoms with Crippen LogP contribution in [0.2, 0.25) is 5.02 Å². The van der Waals surface area contributed by atoms with Gasteiger partial charge in [-0.1, -0.05) is 35.0 Å². The van der Waals surface area contributed by atoms with Crippen LogP contribution in [0.15, 0.2) is 54.0 Å². The van der Waals surface area contributed by atoms with Gasteiger partial charge in [0.1, 0.15) is 12.9 Å². The second-order valence-corrected chi connectivity index (χ2v) is 7.25. The Morgan fingerprint density at radius 1 is 1.37 bits per heavy atom. The molecule has 9 heteroatoms. The molecule has 2 heterocycles. The Labute approximate surface area is 178 Å². The number of halogens is 2. The summed E-state index contributed by atoms with van der Waals surface area (Å²) in [6.45, 7) is 1.47. The highest BCUT2D eigenvalue weighted by molar-refractivity contribution is 6.31. The molecule has 2 aliphatic heterocycles. The van der Waals surface area contributed by atoms with E-state index in [1.54, 1.807) is 41.4 Å². The van der Waals surface area contributed by atoms with Gasteiger partial charge in [0.2, 0.25) is 0 Å². The van der Waals surface area contributed by atoms with E-state index in [1.165, 1.54) is 31.8 Å². The van der Waals surface area contributed by atoms with Crippen LogP contribution < -0.4 is 10.2 Å². The largest absolute Gasteiger partial charge is 0.619 e. The molecule has 2 aliphatic rings. The number of nitrogens with one attached hydrogen (secondary N) is 1. The number of benzene rings is 2. The third-order valence-electron chi connectivity index (χ3n) is 4.94. The maximum Gasteiger partial charge on any atom is 0.197 e. The second-order valence-electron chi connectivity index (χ2n) is 6.81. The number of anilines is 1. The predicted octanol–water partition coefficient (Wildman–Crippen LogP) is 3.31. The molecular weight excluding hydrogens is 411 g/mol. The van der Waals surface area contributed by atoms with E-state index in [0.717, 1.165) is 0 Å². The summed E-state index contributed by atoms with van der Waals surface area (Å²) in [4.78, 5) is 6.64. The zero-order valence-corrected chi connectivity index (χ0v) is 17.0. The van der Waals surface area contributed by atoms with E-state index < -0.39 is 11.5 Å². The molecule has 1 fully saturated rings. The quantitative estimate of drug-likeness (QED) is 0.349. The van der Waals surface area contributed by atoms with Gasteiger partial charge in [0.05, 0.1) is 30.3 Å². The first kappa shape index (κ1) is 20.3. The number of nitrogens with zero attached hydrogens (tertiary/aromatic N) is 3. The average molecular weight is 431 g/mol. The third-order valence-corrected chi connectivity index (χ3v) is 5.16. The van der Waals surface area contributed by atoms with E-state index in [-0.39, 0.29) is 0 Å². The lowest BCUT2D eigenvalue weighted by atomic mass is 9.96. The molecule has 1 atom stereocenters. The van der Waals surface area contributed by atoms with Crippen LogP contribution in [-0.4, -0.2) is 49.7 Å². The van der Waals surface area contributed by atoms with Crippen LogP contribution in [0, 0.1) is 11.0 Å². The van der Waals surface area contributed by atoms with Crippen LogP contribution >= 0.6 is 11.6 Å². The first-order valence-electron chi connectivity index (χ1n) is 9.33. The number of oxime groups is 1. The van der Waals surface area contributed by atoms with Crippen molar-refractivity contribution in [3.05, 3.63) is 70.4 Å². The van der Waals surface area contributed by atoms with Crippen molar-refractivity contribution in [1.82, 2.24) is 5.32 Å². The summed E-state index contributed by atoms with van der Waals surface area (Å²) in [6, 6.07) is 9.70. The van der Waals surface area contributed by atoms with E-state index >= 15 is 0 Å². The molecule has 1 saturated heterocycles. The van der Waals surface area contributed by atoms with Gasteiger partial charge in [0, 0.05) is 29.2 Å². The van der Waals surface area contributed by atoms with E-state index in [1.807, 2.05) is 0 Å². The van der Waals surface area contributed by atoms with Crippen molar-refractivity contribution in [2.75, 3.05) is 31.7 Å². The Kier molecular flexibility index (Phi) is 5.72. The average Bonchev–Trinajstić information content (AvgIpc) is 2.91. The Bertz CT molecular complexity index is 1030. The number of hydrogen-bond acceptors (Lipinski definition) is 6. The van der Waals surface area contributed by atoms with Crippen molar-refractivity contribution in [2.45, 2.75) is 5.72 Å². The van der Waals surface area contributed by atoms with Gasteiger partial charge in [-0.3, -0.25) is 0 Å². The van der Waals surface area contributed by atoms with Gasteiger partial charge in [-0.15, -0.1) is 0 Å². The molecule has 1 unspecified atom stereocenters. The number of morpholine rings is 1. The Hall–Kier alpha value is -2.94. The minimum atomic E-state index is -1.07. The van der Waals surface area contributed by atoms with Gasteiger partial charge in [-0.2, -0.15) is 4.74 Å². The van der Waals surface area contributed by atoms with Gasteiger partial charge < -0.3 is 25.0 Å². The summed E-state index contributed by atoms with van der Waals surface area (Å²) in [5.41, 5.74) is 0.832. The maximum absolute atomic E-state index is 14.6. The molecule has 4 rings (SSSR count). The van der Waals surface area contributed by atoms with Crippen molar-refractivity contribution in [2.24, 2.45) is 5.16 Å². The minimum Gasteiger partial charge on any atom is -0.619 e. The van der Waals surface area contributed by atoms with E-state index in [9.17, 15) is 9.60 Å². The van der Waals surface area contributed by atoms with Crippen molar-refractivity contribution in [3.63, 3.8) is 0 Å². The molecule has 0 spiro atoms. The summed E-state index contributed by atoms with van der Waals surface area (Å²) in [5, 5.41) is 20.0. The van der Waals surface area contributed by atoms with Gasteiger partial charge in [0.25, 0.3) is 0 Å². The predicted molar refractivity (Wildman–Crippen MR) is 114 cm³/mol. The third kappa shape index (κ3) is 3.77. The number of hydrogen-bond donors (Lipinski definition) is 1. The molecule has 0 aliphatic carbocycles. The smallest absolute Gasteiger partial charge is 0.197 e. The fourth-order valence-electron chi connectivity index (χ4n) is 3.61. The van der Waals surface area contributed by atoms with Crippen LogP contribution in [0.4, 0.5) is 10.1 Å². The van der Waals surface area contributed by atoms with Gasteiger partial charge >= 0.3 is 0 Å². The van der Waals surface area contributed by atoms with Crippen molar-refractivity contribution < 1.29 is 18.7 Å². The Morgan fingerprint density at radius 2 is 2.20 bits per heavy atom. The fraction of sp³-hybridized carbons (Fsp3) is 0.238. The normalized spacial score (nSPS) is 21.3. The van der Waals surface area contributed by atoms with Crippen LogP contribution in [0.25, 0.3) is 11.1 Å². The lowest BCUT2D eigenvalue weighted by Crippen LogP contribution is -2.60. The zero-order valence-electron chi connectivity index (χ0n) is 16.2. The zero-order chi connectivity index (χ0) is 21.1. The highest BCUT2D eigenvalue weighted by atomic mass is 35.5. The van der Waals surface area contributed by atoms with Crippen LogP contribution in [-0.2, 0) is 9.57 Å². The fourth-order valence-corrected chi connectivity index (χ4v) is 3.82. The van der Waals surface area contributed by atoms with Gasteiger partial charge in [0.15, 0.2) is 18.1 Å². The van der Waals surface area contributed by atoms with E-state index in [2.05, 4.69) is 10.5 Å².